The standard InChI is InChI=1S/C20H22N4O/c21-10-15-5-7-16(8-6-15)11-23-12-17(13-23)14-24-20(25)9-18-3-1-2-4-19(18)22-24/h5-9,17H,1-4,11-14H2. The summed E-state index contributed by atoms with van der Waals surface area (Å²) in [4.78, 5) is 14.6. The number of nitrogens with zero attached hydrogens (tertiary/aromatic N) is 4. The molecule has 1 saturated heterocycles. The van der Waals surface area contributed by atoms with Gasteiger partial charge in [0, 0.05) is 31.6 Å². The second kappa shape index (κ2) is 6.81. The van der Waals surface area contributed by atoms with Crippen LogP contribution in [0.5, 0.6) is 0 Å². The van der Waals surface area contributed by atoms with E-state index in [1.165, 1.54) is 18.4 Å². The number of likely N-dealkylation sites (tertiary alicyclic amines) is 1. The van der Waals surface area contributed by atoms with E-state index >= 15 is 0 Å². The summed E-state index contributed by atoms with van der Waals surface area (Å²) in [7, 11) is 0. The number of aromatic nitrogens is 2. The van der Waals surface area contributed by atoms with E-state index in [0.717, 1.165) is 50.3 Å². The normalized spacial score (nSPS) is 17.6. The van der Waals surface area contributed by atoms with E-state index in [2.05, 4.69) is 16.1 Å². The van der Waals surface area contributed by atoms with Crippen LogP contribution in [0.4, 0.5) is 0 Å². The molecule has 0 amide bonds. The van der Waals surface area contributed by atoms with Crippen LogP contribution in [-0.4, -0.2) is 27.8 Å². The Morgan fingerprint density at radius 2 is 1.92 bits per heavy atom. The molecule has 0 N–H and O–H groups in total. The van der Waals surface area contributed by atoms with Crippen LogP contribution in [0.25, 0.3) is 0 Å². The molecular formula is C20H22N4O. The molecule has 0 bridgehead atoms. The van der Waals surface area contributed by atoms with Gasteiger partial charge in [-0.3, -0.25) is 9.69 Å². The second-order valence-electron chi connectivity index (χ2n) is 7.21. The van der Waals surface area contributed by atoms with E-state index in [1.54, 1.807) is 10.7 Å². The van der Waals surface area contributed by atoms with Crippen molar-refractivity contribution in [3.05, 3.63) is 63.1 Å². The Morgan fingerprint density at radius 1 is 1.16 bits per heavy atom. The summed E-state index contributed by atoms with van der Waals surface area (Å²) in [6.45, 7) is 3.60. The van der Waals surface area contributed by atoms with Crippen molar-refractivity contribution in [2.24, 2.45) is 5.92 Å². The first-order chi connectivity index (χ1) is 12.2. The van der Waals surface area contributed by atoms with Crippen molar-refractivity contribution < 1.29 is 0 Å². The molecule has 1 aromatic heterocycles. The molecular weight excluding hydrogens is 312 g/mol. The highest BCUT2D eigenvalue weighted by Gasteiger charge is 2.27. The number of fused-ring (bicyclic) bond motifs is 1. The van der Waals surface area contributed by atoms with Gasteiger partial charge < -0.3 is 0 Å². The zero-order valence-electron chi connectivity index (χ0n) is 14.3. The van der Waals surface area contributed by atoms with E-state index in [9.17, 15) is 4.79 Å². The summed E-state index contributed by atoms with van der Waals surface area (Å²) in [6.07, 6.45) is 4.36. The quantitative estimate of drug-likeness (QED) is 0.859. The van der Waals surface area contributed by atoms with Gasteiger partial charge in [-0.05, 0) is 48.9 Å². The Bertz CT molecular complexity index is 857. The van der Waals surface area contributed by atoms with Gasteiger partial charge in [0.15, 0.2) is 0 Å². The fourth-order valence-electron chi connectivity index (χ4n) is 3.84. The van der Waals surface area contributed by atoms with E-state index in [1.807, 2.05) is 24.3 Å². The molecule has 0 saturated carbocycles. The van der Waals surface area contributed by atoms with Gasteiger partial charge in [-0.1, -0.05) is 12.1 Å². The van der Waals surface area contributed by atoms with Gasteiger partial charge in [0.1, 0.15) is 0 Å². The van der Waals surface area contributed by atoms with Crippen molar-refractivity contribution >= 4 is 0 Å². The largest absolute Gasteiger partial charge is 0.298 e. The Balaban J connectivity index is 1.34. The lowest BCUT2D eigenvalue weighted by Crippen LogP contribution is -2.49. The molecule has 4 rings (SSSR count). The molecule has 0 atom stereocenters. The number of rotatable bonds is 4. The molecule has 0 unspecified atom stereocenters. The lowest BCUT2D eigenvalue weighted by molar-refractivity contribution is 0.0764. The second-order valence-corrected chi connectivity index (χ2v) is 7.21. The fraction of sp³-hybridized carbons (Fsp3) is 0.450. The molecule has 2 heterocycles. The Morgan fingerprint density at radius 3 is 2.68 bits per heavy atom. The minimum absolute atomic E-state index is 0.0474. The molecule has 0 spiro atoms. The highest BCUT2D eigenvalue weighted by Crippen LogP contribution is 2.21. The monoisotopic (exact) mass is 334 g/mol. The zero-order chi connectivity index (χ0) is 17.2. The van der Waals surface area contributed by atoms with Gasteiger partial charge in [-0.25, -0.2) is 4.68 Å². The topological polar surface area (TPSA) is 61.9 Å². The summed E-state index contributed by atoms with van der Waals surface area (Å²) in [5.74, 6) is 0.491. The van der Waals surface area contributed by atoms with Crippen molar-refractivity contribution in [1.82, 2.24) is 14.7 Å². The van der Waals surface area contributed by atoms with Crippen LogP contribution in [0.15, 0.2) is 35.1 Å². The molecule has 5 heteroatoms. The summed E-state index contributed by atoms with van der Waals surface area (Å²) in [5.41, 5.74) is 4.25. The first-order valence-electron chi connectivity index (χ1n) is 9.02. The third kappa shape index (κ3) is 3.49. The third-order valence-corrected chi connectivity index (χ3v) is 5.23. The van der Waals surface area contributed by atoms with Crippen molar-refractivity contribution in [2.75, 3.05) is 13.1 Å². The van der Waals surface area contributed by atoms with Gasteiger partial charge >= 0.3 is 0 Å². The molecule has 25 heavy (non-hydrogen) atoms. The summed E-state index contributed by atoms with van der Waals surface area (Å²) in [5, 5.41) is 13.5. The van der Waals surface area contributed by atoms with Crippen LogP contribution in [0.1, 0.15) is 35.2 Å². The van der Waals surface area contributed by atoms with Crippen LogP contribution in [0, 0.1) is 17.2 Å². The lowest BCUT2D eigenvalue weighted by Gasteiger charge is -2.39. The van der Waals surface area contributed by atoms with Gasteiger partial charge in [0.05, 0.1) is 23.9 Å². The Labute approximate surface area is 147 Å². The predicted octanol–water partition coefficient (Wildman–Crippen LogP) is 2.13. The molecule has 2 aliphatic rings. The van der Waals surface area contributed by atoms with Gasteiger partial charge in [0.25, 0.3) is 5.56 Å². The van der Waals surface area contributed by atoms with Crippen LogP contribution in [0.2, 0.25) is 0 Å². The summed E-state index contributed by atoms with van der Waals surface area (Å²) < 4.78 is 1.67. The number of nitriles is 1. The fourth-order valence-corrected chi connectivity index (χ4v) is 3.84. The van der Waals surface area contributed by atoms with Crippen LogP contribution in [-0.2, 0) is 25.9 Å². The number of hydrogen-bond donors (Lipinski definition) is 0. The molecule has 1 aliphatic carbocycles. The van der Waals surface area contributed by atoms with E-state index in [0.29, 0.717) is 11.5 Å². The van der Waals surface area contributed by atoms with Crippen molar-refractivity contribution in [2.45, 2.75) is 38.8 Å². The summed E-state index contributed by atoms with van der Waals surface area (Å²) in [6, 6.07) is 11.7. The first kappa shape index (κ1) is 16.0. The maximum Gasteiger partial charge on any atom is 0.267 e. The number of aryl methyl sites for hydroxylation is 2. The van der Waals surface area contributed by atoms with Crippen LogP contribution in [0.3, 0.4) is 0 Å². The predicted molar refractivity (Wildman–Crippen MR) is 95.1 cm³/mol. The van der Waals surface area contributed by atoms with Crippen LogP contribution >= 0.6 is 0 Å². The van der Waals surface area contributed by atoms with Gasteiger partial charge in [0.2, 0.25) is 0 Å². The zero-order valence-corrected chi connectivity index (χ0v) is 14.3. The molecule has 0 radical (unpaired) electrons. The summed E-state index contributed by atoms with van der Waals surface area (Å²) >= 11 is 0. The van der Waals surface area contributed by atoms with Crippen molar-refractivity contribution in [1.29, 1.82) is 5.26 Å². The minimum Gasteiger partial charge on any atom is -0.298 e. The highest BCUT2D eigenvalue weighted by molar-refractivity contribution is 5.31. The molecule has 1 fully saturated rings. The van der Waals surface area contributed by atoms with Crippen molar-refractivity contribution in [3.63, 3.8) is 0 Å². The van der Waals surface area contributed by atoms with E-state index < -0.39 is 0 Å². The van der Waals surface area contributed by atoms with E-state index in [-0.39, 0.29) is 5.56 Å². The molecule has 1 aromatic carbocycles. The average molecular weight is 334 g/mol. The van der Waals surface area contributed by atoms with Crippen molar-refractivity contribution in [3.8, 4) is 6.07 Å². The average Bonchev–Trinajstić information content (AvgIpc) is 2.61. The maximum atomic E-state index is 12.3. The lowest BCUT2D eigenvalue weighted by atomic mass is 9.96. The highest BCUT2D eigenvalue weighted by atomic mass is 16.1. The molecule has 5 nitrogen and oxygen atoms in total. The molecule has 128 valence electrons. The number of benzene rings is 1. The third-order valence-electron chi connectivity index (χ3n) is 5.23. The first-order valence-corrected chi connectivity index (χ1v) is 9.02. The SMILES string of the molecule is N#Cc1ccc(CN2CC(Cn3nc4c(cc3=O)CCCC4)C2)cc1. The van der Waals surface area contributed by atoms with Gasteiger partial charge in [-0.15, -0.1) is 0 Å². The molecule has 2 aromatic rings. The molecule has 1 aliphatic heterocycles. The smallest absolute Gasteiger partial charge is 0.267 e. The minimum atomic E-state index is 0.0474. The maximum absolute atomic E-state index is 12.3. The van der Waals surface area contributed by atoms with Crippen LogP contribution < -0.4 is 5.56 Å². The Kier molecular flexibility index (Phi) is 4.37. The number of hydrogen-bond acceptors (Lipinski definition) is 4. The van der Waals surface area contributed by atoms with Gasteiger partial charge in [-0.2, -0.15) is 10.4 Å². The van der Waals surface area contributed by atoms with E-state index in [4.69, 9.17) is 5.26 Å². The Hall–Kier alpha value is -2.45.